The van der Waals surface area contributed by atoms with Crippen LogP contribution in [0.4, 0.5) is 0 Å². The quantitative estimate of drug-likeness (QED) is 0.817. The summed E-state index contributed by atoms with van der Waals surface area (Å²) in [6.07, 6.45) is 3.05. The van der Waals surface area contributed by atoms with Crippen LogP contribution in [-0.2, 0) is 6.54 Å². The van der Waals surface area contributed by atoms with E-state index in [1.165, 1.54) is 16.7 Å². The van der Waals surface area contributed by atoms with Crippen LogP contribution in [0.5, 0.6) is 0 Å². The smallest absolute Gasteiger partial charge is 0.0693 e. The van der Waals surface area contributed by atoms with Crippen molar-refractivity contribution in [1.29, 1.82) is 0 Å². The lowest BCUT2D eigenvalue weighted by Gasteiger charge is -2.16. The zero-order valence-corrected chi connectivity index (χ0v) is 10.2. The molecular weight excluding hydrogens is 198 g/mol. The molecule has 0 saturated heterocycles. The first-order valence-corrected chi connectivity index (χ1v) is 6.14. The third-order valence-corrected chi connectivity index (χ3v) is 3.62. The van der Waals surface area contributed by atoms with E-state index in [2.05, 4.69) is 37.4 Å². The fourth-order valence-electron chi connectivity index (χ4n) is 2.34. The molecule has 1 fully saturated rings. The lowest BCUT2D eigenvalue weighted by Crippen LogP contribution is -2.35. The van der Waals surface area contributed by atoms with E-state index >= 15 is 0 Å². The van der Waals surface area contributed by atoms with Gasteiger partial charge in [0.25, 0.3) is 0 Å². The number of hydrogen-bond donors (Lipinski definition) is 2. The van der Waals surface area contributed by atoms with Gasteiger partial charge >= 0.3 is 0 Å². The van der Waals surface area contributed by atoms with Crippen LogP contribution in [-0.4, -0.2) is 17.3 Å². The van der Waals surface area contributed by atoms with Crippen LogP contribution >= 0.6 is 0 Å². The highest BCUT2D eigenvalue weighted by molar-refractivity contribution is 5.29. The van der Waals surface area contributed by atoms with Crippen LogP contribution in [0.25, 0.3) is 0 Å². The highest BCUT2D eigenvalue weighted by atomic mass is 16.3. The number of benzene rings is 1. The van der Waals surface area contributed by atoms with Crippen molar-refractivity contribution in [1.82, 2.24) is 5.32 Å². The summed E-state index contributed by atoms with van der Waals surface area (Å²) >= 11 is 0. The molecule has 0 spiro atoms. The van der Waals surface area contributed by atoms with Crippen LogP contribution in [0.2, 0.25) is 0 Å². The summed E-state index contributed by atoms with van der Waals surface area (Å²) in [5.41, 5.74) is 3.98. The van der Waals surface area contributed by atoms with Crippen molar-refractivity contribution in [2.45, 2.75) is 51.8 Å². The van der Waals surface area contributed by atoms with E-state index in [1.54, 1.807) is 0 Å². The Bertz CT molecular complexity index is 362. The highest BCUT2D eigenvalue weighted by Gasteiger charge is 2.24. The van der Waals surface area contributed by atoms with E-state index in [-0.39, 0.29) is 6.10 Å². The van der Waals surface area contributed by atoms with Crippen molar-refractivity contribution in [3.05, 3.63) is 34.9 Å². The molecule has 2 unspecified atom stereocenters. The van der Waals surface area contributed by atoms with Gasteiger partial charge in [-0.05, 0) is 49.8 Å². The maximum atomic E-state index is 9.70. The third kappa shape index (κ3) is 2.63. The molecule has 0 radical (unpaired) electrons. The molecule has 0 heterocycles. The van der Waals surface area contributed by atoms with Gasteiger partial charge in [0.2, 0.25) is 0 Å². The van der Waals surface area contributed by atoms with Gasteiger partial charge in [0.1, 0.15) is 0 Å². The summed E-state index contributed by atoms with van der Waals surface area (Å²) in [7, 11) is 0. The molecular formula is C14H21NO. The molecule has 0 aliphatic heterocycles. The zero-order chi connectivity index (χ0) is 11.5. The summed E-state index contributed by atoms with van der Waals surface area (Å²) in [4.78, 5) is 0. The normalized spacial score (nSPS) is 24.9. The molecule has 88 valence electrons. The molecule has 0 amide bonds. The minimum absolute atomic E-state index is 0.147. The predicted octanol–water partition coefficient (Wildman–Crippen LogP) is 2.31. The number of aryl methyl sites for hydroxylation is 2. The monoisotopic (exact) mass is 219 g/mol. The first-order chi connectivity index (χ1) is 7.66. The minimum atomic E-state index is -0.147. The van der Waals surface area contributed by atoms with Gasteiger partial charge in [-0.25, -0.2) is 0 Å². The van der Waals surface area contributed by atoms with Crippen LogP contribution in [0.1, 0.15) is 36.0 Å². The Labute approximate surface area is 97.7 Å². The second kappa shape index (κ2) is 4.98. The second-order valence-electron chi connectivity index (χ2n) is 4.90. The van der Waals surface area contributed by atoms with Crippen molar-refractivity contribution < 1.29 is 5.11 Å². The first kappa shape index (κ1) is 11.6. The second-order valence-corrected chi connectivity index (χ2v) is 4.90. The molecule has 16 heavy (non-hydrogen) atoms. The van der Waals surface area contributed by atoms with Crippen molar-refractivity contribution in [2.75, 3.05) is 0 Å². The molecule has 2 nitrogen and oxygen atoms in total. The largest absolute Gasteiger partial charge is 0.392 e. The van der Waals surface area contributed by atoms with Crippen LogP contribution in [0.3, 0.4) is 0 Å². The SMILES string of the molecule is Cc1ccc(CNC2CCCC2O)cc1C. The van der Waals surface area contributed by atoms with Gasteiger partial charge in [0.05, 0.1) is 6.10 Å². The average molecular weight is 219 g/mol. The van der Waals surface area contributed by atoms with Crippen molar-refractivity contribution in [2.24, 2.45) is 0 Å². The lowest BCUT2D eigenvalue weighted by atomic mass is 10.1. The number of nitrogens with one attached hydrogen (secondary N) is 1. The van der Waals surface area contributed by atoms with Gasteiger partial charge in [0.15, 0.2) is 0 Å². The van der Waals surface area contributed by atoms with E-state index in [0.717, 1.165) is 25.8 Å². The van der Waals surface area contributed by atoms with Gasteiger partial charge in [-0.1, -0.05) is 18.2 Å². The van der Waals surface area contributed by atoms with Gasteiger partial charge in [0, 0.05) is 12.6 Å². The fourth-order valence-corrected chi connectivity index (χ4v) is 2.34. The minimum Gasteiger partial charge on any atom is -0.392 e. The molecule has 1 aliphatic carbocycles. The fraction of sp³-hybridized carbons (Fsp3) is 0.571. The lowest BCUT2D eigenvalue weighted by molar-refractivity contribution is 0.148. The molecule has 2 heteroatoms. The Morgan fingerprint density at radius 2 is 2.06 bits per heavy atom. The molecule has 2 atom stereocenters. The topological polar surface area (TPSA) is 32.3 Å². The Hall–Kier alpha value is -0.860. The Morgan fingerprint density at radius 1 is 1.25 bits per heavy atom. The van der Waals surface area contributed by atoms with Gasteiger partial charge in [-0.3, -0.25) is 0 Å². The maximum absolute atomic E-state index is 9.70. The molecule has 1 aromatic carbocycles. The van der Waals surface area contributed by atoms with Crippen LogP contribution in [0, 0.1) is 13.8 Å². The Morgan fingerprint density at radius 3 is 2.69 bits per heavy atom. The van der Waals surface area contributed by atoms with Crippen LogP contribution in [0.15, 0.2) is 18.2 Å². The summed E-state index contributed by atoms with van der Waals surface area (Å²) in [5, 5.41) is 13.1. The van der Waals surface area contributed by atoms with Gasteiger partial charge in [-0.15, -0.1) is 0 Å². The molecule has 1 aromatic rings. The van der Waals surface area contributed by atoms with Gasteiger partial charge < -0.3 is 10.4 Å². The summed E-state index contributed by atoms with van der Waals surface area (Å²) in [6, 6.07) is 6.85. The number of aliphatic hydroxyl groups is 1. The number of aliphatic hydroxyl groups excluding tert-OH is 1. The molecule has 2 N–H and O–H groups in total. The highest BCUT2D eigenvalue weighted by Crippen LogP contribution is 2.19. The average Bonchev–Trinajstić information content (AvgIpc) is 2.66. The first-order valence-electron chi connectivity index (χ1n) is 6.14. The molecule has 0 bridgehead atoms. The van der Waals surface area contributed by atoms with Crippen molar-refractivity contribution >= 4 is 0 Å². The standard InChI is InChI=1S/C14H21NO/c1-10-6-7-12(8-11(10)2)9-15-13-4-3-5-14(13)16/h6-8,13-16H,3-5,9H2,1-2H3. The molecule has 2 rings (SSSR count). The summed E-state index contributed by atoms with van der Waals surface area (Å²) in [5.74, 6) is 0. The Balaban J connectivity index is 1.91. The van der Waals surface area contributed by atoms with E-state index < -0.39 is 0 Å². The summed E-state index contributed by atoms with van der Waals surface area (Å²) in [6.45, 7) is 5.14. The van der Waals surface area contributed by atoms with E-state index in [0.29, 0.717) is 6.04 Å². The van der Waals surface area contributed by atoms with Gasteiger partial charge in [-0.2, -0.15) is 0 Å². The molecule has 1 aliphatic rings. The number of rotatable bonds is 3. The van der Waals surface area contributed by atoms with Crippen molar-refractivity contribution in [3.8, 4) is 0 Å². The van der Waals surface area contributed by atoms with E-state index in [1.807, 2.05) is 0 Å². The van der Waals surface area contributed by atoms with Crippen molar-refractivity contribution in [3.63, 3.8) is 0 Å². The number of hydrogen-bond acceptors (Lipinski definition) is 2. The zero-order valence-electron chi connectivity index (χ0n) is 10.2. The maximum Gasteiger partial charge on any atom is 0.0693 e. The summed E-state index contributed by atoms with van der Waals surface area (Å²) < 4.78 is 0. The molecule has 0 aromatic heterocycles. The third-order valence-electron chi connectivity index (χ3n) is 3.62. The van der Waals surface area contributed by atoms with Crippen LogP contribution < -0.4 is 5.32 Å². The Kier molecular flexibility index (Phi) is 3.62. The van der Waals surface area contributed by atoms with E-state index in [9.17, 15) is 5.11 Å². The van der Waals surface area contributed by atoms with E-state index in [4.69, 9.17) is 0 Å². The molecule has 1 saturated carbocycles. The predicted molar refractivity (Wildman–Crippen MR) is 66.4 cm³/mol.